The van der Waals surface area contributed by atoms with Gasteiger partial charge in [-0.2, -0.15) is 0 Å². The third-order valence-corrected chi connectivity index (χ3v) is 4.45. The lowest BCUT2D eigenvalue weighted by atomic mass is 10.1. The Morgan fingerprint density at radius 2 is 1.89 bits per heavy atom. The summed E-state index contributed by atoms with van der Waals surface area (Å²) in [5.74, 6) is -2.21. The van der Waals surface area contributed by atoms with Crippen LogP contribution in [-0.4, -0.2) is 29.6 Å². The van der Waals surface area contributed by atoms with Gasteiger partial charge < -0.3 is 9.84 Å². The number of urea groups is 1. The van der Waals surface area contributed by atoms with Crippen LogP contribution < -0.4 is 15.0 Å². The molecular formula is C19H14BrFN2O5. The molecule has 0 atom stereocenters. The molecule has 28 heavy (non-hydrogen) atoms. The predicted octanol–water partition coefficient (Wildman–Crippen LogP) is 3.36. The molecule has 1 aliphatic rings. The van der Waals surface area contributed by atoms with Crippen LogP contribution in [-0.2, 0) is 9.59 Å². The van der Waals surface area contributed by atoms with E-state index in [9.17, 15) is 23.9 Å². The number of nitrogens with zero attached hydrogens (tertiary/aromatic N) is 1. The highest BCUT2D eigenvalue weighted by Crippen LogP contribution is 2.36. The molecule has 0 bridgehead atoms. The zero-order chi connectivity index (χ0) is 20.4. The van der Waals surface area contributed by atoms with Crippen LogP contribution in [0.2, 0.25) is 0 Å². The Bertz CT molecular complexity index is 1000. The SMILES string of the molecule is CCOc1cc(/C=C2\C(=O)NC(=O)N(c3ccc(F)cc3)C2=O)cc(Br)c1O. The van der Waals surface area contributed by atoms with Gasteiger partial charge in [-0.25, -0.2) is 14.1 Å². The number of nitrogens with one attached hydrogen (secondary N) is 1. The molecule has 1 fully saturated rings. The first-order valence-corrected chi connectivity index (χ1v) is 8.93. The number of ether oxygens (including phenoxy) is 1. The highest BCUT2D eigenvalue weighted by molar-refractivity contribution is 9.10. The molecule has 9 heteroatoms. The third-order valence-electron chi connectivity index (χ3n) is 3.85. The van der Waals surface area contributed by atoms with Crippen LogP contribution in [0.1, 0.15) is 12.5 Å². The van der Waals surface area contributed by atoms with Gasteiger partial charge in [-0.3, -0.25) is 14.9 Å². The van der Waals surface area contributed by atoms with Gasteiger partial charge in [-0.15, -0.1) is 0 Å². The number of aromatic hydroxyl groups is 1. The number of anilines is 1. The van der Waals surface area contributed by atoms with E-state index in [1.807, 2.05) is 0 Å². The molecule has 0 spiro atoms. The van der Waals surface area contributed by atoms with Crippen LogP contribution in [0.3, 0.4) is 0 Å². The summed E-state index contributed by atoms with van der Waals surface area (Å²) < 4.78 is 18.8. The summed E-state index contributed by atoms with van der Waals surface area (Å²) in [4.78, 5) is 37.9. The predicted molar refractivity (Wildman–Crippen MR) is 102 cm³/mol. The molecule has 0 unspecified atom stereocenters. The summed E-state index contributed by atoms with van der Waals surface area (Å²) in [7, 11) is 0. The van der Waals surface area contributed by atoms with E-state index < -0.39 is 23.7 Å². The highest BCUT2D eigenvalue weighted by atomic mass is 79.9. The lowest BCUT2D eigenvalue weighted by molar-refractivity contribution is -0.122. The molecule has 2 aromatic rings. The van der Waals surface area contributed by atoms with Gasteiger partial charge in [0.05, 0.1) is 16.8 Å². The molecule has 4 amide bonds. The van der Waals surface area contributed by atoms with Crippen molar-refractivity contribution in [2.45, 2.75) is 6.92 Å². The summed E-state index contributed by atoms with van der Waals surface area (Å²) in [5.41, 5.74) is 0.202. The maximum absolute atomic E-state index is 13.1. The lowest BCUT2D eigenvalue weighted by Crippen LogP contribution is -2.54. The largest absolute Gasteiger partial charge is 0.503 e. The number of phenols is 1. The second-order valence-electron chi connectivity index (χ2n) is 5.72. The first-order valence-electron chi connectivity index (χ1n) is 8.14. The van der Waals surface area contributed by atoms with Gasteiger partial charge in [0.15, 0.2) is 11.5 Å². The van der Waals surface area contributed by atoms with Gasteiger partial charge in [-0.05, 0) is 70.9 Å². The van der Waals surface area contributed by atoms with Crippen molar-refractivity contribution in [1.82, 2.24) is 5.32 Å². The Balaban J connectivity index is 2.03. The first kappa shape index (κ1) is 19.6. The fourth-order valence-electron chi connectivity index (χ4n) is 2.59. The quantitative estimate of drug-likeness (QED) is 0.552. The fourth-order valence-corrected chi connectivity index (χ4v) is 3.05. The van der Waals surface area contributed by atoms with E-state index in [0.29, 0.717) is 16.6 Å². The summed E-state index contributed by atoms with van der Waals surface area (Å²) in [5, 5.41) is 12.1. The zero-order valence-electron chi connectivity index (χ0n) is 14.5. The molecular weight excluding hydrogens is 435 g/mol. The van der Waals surface area contributed by atoms with Crippen LogP contribution in [0.5, 0.6) is 11.5 Å². The van der Waals surface area contributed by atoms with Crippen LogP contribution in [0.25, 0.3) is 6.08 Å². The fraction of sp³-hybridized carbons (Fsp3) is 0.105. The number of amides is 4. The summed E-state index contributed by atoms with van der Waals surface area (Å²) in [6.07, 6.45) is 1.27. The Hall–Kier alpha value is -3.20. The number of hydrogen-bond donors (Lipinski definition) is 2. The maximum Gasteiger partial charge on any atom is 0.335 e. The maximum atomic E-state index is 13.1. The van der Waals surface area contributed by atoms with E-state index in [2.05, 4.69) is 21.2 Å². The van der Waals surface area contributed by atoms with Crippen LogP contribution in [0.15, 0.2) is 46.4 Å². The van der Waals surface area contributed by atoms with Gasteiger partial charge >= 0.3 is 6.03 Å². The van der Waals surface area contributed by atoms with E-state index in [1.54, 1.807) is 6.92 Å². The molecule has 1 saturated heterocycles. The number of carbonyl (C=O) groups excluding carboxylic acids is 3. The van der Waals surface area contributed by atoms with Gasteiger partial charge in [-0.1, -0.05) is 0 Å². The minimum atomic E-state index is -0.930. The lowest BCUT2D eigenvalue weighted by Gasteiger charge is -2.26. The van der Waals surface area contributed by atoms with Crippen molar-refractivity contribution >= 4 is 45.5 Å². The number of rotatable bonds is 4. The molecule has 0 saturated carbocycles. The first-order chi connectivity index (χ1) is 13.3. The van der Waals surface area contributed by atoms with Crippen molar-refractivity contribution in [3.63, 3.8) is 0 Å². The third kappa shape index (κ3) is 3.74. The Morgan fingerprint density at radius 1 is 1.21 bits per heavy atom. The van der Waals surface area contributed by atoms with Crippen molar-refractivity contribution in [3.8, 4) is 11.5 Å². The molecule has 1 aliphatic heterocycles. The molecule has 3 rings (SSSR count). The smallest absolute Gasteiger partial charge is 0.335 e. The average Bonchev–Trinajstić information content (AvgIpc) is 2.64. The second-order valence-corrected chi connectivity index (χ2v) is 6.57. The molecule has 144 valence electrons. The number of imide groups is 2. The molecule has 2 aromatic carbocycles. The minimum absolute atomic E-state index is 0.115. The van der Waals surface area contributed by atoms with E-state index >= 15 is 0 Å². The van der Waals surface area contributed by atoms with Gasteiger partial charge in [0.1, 0.15) is 11.4 Å². The molecule has 2 N–H and O–H groups in total. The monoisotopic (exact) mass is 448 g/mol. The number of barbiturate groups is 1. The minimum Gasteiger partial charge on any atom is -0.503 e. The Morgan fingerprint density at radius 3 is 2.54 bits per heavy atom. The van der Waals surface area contributed by atoms with Crippen molar-refractivity contribution in [2.75, 3.05) is 11.5 Å². The standard InChI is InChI=1S/C19H14BrFN2O5/c1-2-28-15-9-10(8-14(20)16(15)24)7-13-17(25)22-19(27)23(18(13)26)12-5-3-11(21)4-6-12/h3-9,24H,2H2,1H3,(H,22,25,27)/b13-7+. The van der Waals surface area contributed by atoms with E-state index in [0.717, 1.165) is 17.0 Å². The van der Waals surface area contributed by atoms with Gasteiger partial charge in [0.2, 0.25) is 0 Å². The van der Waals surface area contributed by atoms with E-state index in [4.69, 9.17) is 4.74 Å². The summed E-state index contributed by atoms with van der Waals surface area (Å²) in [6.45, 7) is 2.04. The van der Waals surface area contributed by atoms with Crippen molar-refractivity contribution < 1.29 is 28.6 Å². The van der Waals surface area contributed by atoms with Crippen molar-refractivity contribution in [2.24, 2.45) is 0 Å². The normalized spacial score (nSPS) is 15.8. The number of benzene rings is 2. The average molecular weight is 449 g/mol. The molecule has 7 nitrogen and oxygen atoms in total. The number of halogens is 2. The van der Waals surface area contributed by atoms with Gasteiger partial charge in [0.25, 0.3) is 11.8 Å². The summed E-state index contributed by atoms with van der Waals surface area (Å²) >= 11 is 3.18. The Labute approximate surface area is 167 Å². The number of carbonyl (C=O) groups is 3. The van der Waals surface area contributed by atoms with Gasteiger partial charge in [0, 0.05) is 0 Å². The van der Waals surface area contributed by atoms with Crippen LogP contribution in [0.4, 0.5) is 14.9 Å². The molecule has 1 heterocycles. The Kier molecular flexibility index (Phi) is 5.46. The van der Waals surface area contributed by atoms with Crippen LogP contribution >= 0.6 is 15.9 Å². The van der Waals surface area contributed by atoms with Crippen molar-refractivity contribution in [1.29, 1.82) is 0 Å². The van der Waals surface area contributed by atoms with Crippen LogP contribution in [0, 0.1) is 5.82 Å². The number of hydrogen-bond acceptors (Lipinski definition) is 5. The van der Waals surface area contributed by atoms with E-state index in [-0.39, 0.29) is 22.8 Å². The molecule has 0 radical (unpaired) electrons. The van der Waals surface area contributed by atoms with E-state index in [1.165, 1.54) is 30.3 Å². The molecule has 0 aliphatic carbocycles. The van der Waals surface area contributed by atoms with Crippen molar-refractivity contribution in [3.05, 3.63) is 57.8 Å². The number of phenolic OH excluding ortho intramolecular Hbond substituents is 1. The zero-order valence-corrected chi connectivity index (χ0v) is 16.1. The highest BCUT2D eigenvalue weighted by Gasteiger charge is 2.36. The molecule has 0 aromatic heterocycles. The summed E-state index contributed by atoms with van der Waals surface area (Å²) in [6, 6.07) is 6.72. The topological polar surface area (TPSA) is 95.9 Å². The second kappa shape index (κ2) is 7.81.